The van der Waals surface area contributed by atoms with Crippen molar-refractivity contribution in [2.24, 2.45) is 0 Å². The topological polar surface area (TPSA) is 49.4 Å². The Bertz CT molecular complexity index is 618. The van der Waals surface area contributed by atoms with Crippen LogP contribution in [0.3, 0.4) is 0 Å². The summed E-state index contributed by atoms with van der Waals surface area (Å²) in [7, 11) is -3.05. The summed E-state index contributed by atoms with van der Waals surface area (Å²) in [5, 5.41) is 2.93. The second-order valence-electron chi connectivity index (χ2n) is 4.96. The van der Waals surface area contributed by atoms with Crippen LogP contribution in [0.25, 0.3) is 0 Å². The SMILES string of the molecule is O=S1(=O)CCN2c3cc(F)cc(F)c3NCCC2C1. The third-order valence-corrected chi connectivity index (χ3v) is 5.35. The average molecular weight is 288 g/mol. The van der Waals surface area contributed by atoms with Gasteiger partial charge in [0.15, 0.2) is 15.7 Å². The molecule has 0 bridgehead atoms. The van der Waals surface area contributed by atoms with Gasteiger partial charge < -0.3 is 10.2 Å². The summed E-state index contributed by atoms with van der Waals surface area (Å²) in [6, 6.07) is 1.89. The molecule has 1 atom stereocenters. The Morgan fingerprint density at radius 1 is 1.32 bits per heavy atom. The highest BCUT2D eigenvalue weighted by Gasteiger charge is 2.34. The Balaban J connectivity index is 2.06. The minimum atomic E-state index is -3.05. The molecule has 3 rings (SSSR count). The number of halogens is 2. The first kappa shape index (κ1) is 12.7. The van der Waals surface area contributed by atoms with E-state index in [0.29, 0.717) is 18.7 Å². The fraction of sp³-hybridized carbons (Fsp3) is 0.500. The number of hydrogen-bond donors (Lipinski definition) is 1. The van der Waals surface area contributed by atoms with Crippen LogP contribution in [0.1, 0.15) is 6.42 Å². The zero-order chi connectivity index (χ0) is 13.6. The molecule has 1 saturated heterocycles. The van der Waals surface area contributed by atoms with Gasteiger partial charge in [0.2, 0.25) is 0 Å². The molecule has 0 aromatic heterocycles. The van der Waals surface area contributed by atoms with Crippen molar-refractivity contribution in [3.63, 3.8) is 0 Å². The van der Waals surface area contributed by atoms with Gasteiger partial charge in [0, 0.05) is 25.2 Å². The number of hydrogen-bond acceptors (Lipinski definition) is 4. The molecule has 0 spiro atoms. The number of nitrogens with one attached hydrogen (secondary N) is 1. The first-order chi connectivity index (χ1) is 8.96. The highest BCUT2D eigenvalue weighted by Crippen LogP contribution is 2.35. The van der Waals surface area contributed by atoms with E-state index in [1.807, 2.05) is 4.90 Å². The molecule has 2 aliphatic heterocycles. The summed E-state index contributed by atoms with van der Waals surface area (Å²) in [5.74, 6) is -1.20. The van der Waals surface area contributed by atoms with Crippen LogP contribution in [-0.4, -0.2) is 39.1 Å². The van der Waals surface area contributed by atoms with Crippen LogP contribution < -0.4 is 10.2 Å². The van der Waals surface area contributed by atoms with Crippen molar-refractivity contribution >= 4 is 21.2 Å². The Labute approximate surface area is 110 Å². The minimum Gasteiger partial charge on any atom is -0.381 e. The fourth-order valence-electron chi connectivity index (χ4n) is 2.77. The summed E-state index contributed by atoms with van der Waals surface area (Å²) in [4.78, 5) is 1.81. The van der Waals surface area contributed by atoms with Crippen molar-refractivity contribution < 1.29 is 17.2 Å². The monoisotopic (exact) mass is 288 g/mol. The summed E-state index contributed by atoms with van der Waals surface area (Å²) in [5.41, 5.74) is 0.693. The second-order valence-corrected chi connectivity index (χ2v) is 7.19. The largest absolute Gasteiger partial charge is 0.381 e. The third kappa shape index (κ3) is 2.27. The van der Waals surface area contributed by atoms with E-state index < -0.39 is 21.5 Å². The Morgan fingerprint density at radius 2 is 2.11 bits per heavy atom. The van der Waals surface area contributed by atoms with Crippen molar-refractivity contribution in [1.29, 1.82) is 0 Å². The molecule has 1 fully saturated rings. The molecule has 0 aliphatic carbocycles. The molecule has 1 unspecified atom stereocenters. The number of fused-ring (bicyclic) bond motifs is 3. The van der Waals surface area contributed by atoms with Crippen molar-refractivity contribution in [2.75, 3.05) is 34.8 Å². The van der Waals surface area contributed by atoms with Gasteiger partial charge in [0.25, 0.3) is 0 Å². The maximum Gasteiger partial charge on any atom is 0.154 e. The summed E-state index contributed by atoms with van der Waals surface area (Å²) in [6.45, 7) is 0.761. The fourth-order valence-corrected chi connectivity index (χ4v) is 4.34. The van der Waals surface area contributed by atoms with Gasteiger partial charge in [0.1, 0.15) is 5.82 Å². The predicted octanol–water partition coefficient (Wildman–Crippen LogP) is 1.38. The Morgan fingerprint density at radius 3 is 2.89 bits per heavy atom. The molecule has 19 heavy (non-hydrogen) atoms. The second kappa shape index (κ2) is 4.33. The maximum atomic E-state index is 13.8. The van der Waals surface area contributed by atoms with Crippen LogP contribution in [0.4, 0.5) is 20.2 Å². The molecule has 1 aromatic carbocycles. The van der Waals surface area contributed by atoms with E-state index in [9.17, 15) is 17.2 Å². The molecule has 2 heterocycles. The molecular formula is C12H14F2N2O2S. The van der Waals surface area contributed by atoms with Crippen molar-refractivity contribution in [1.82, 2.24) is 0 Å². The van der Waals surface area contributed by atoms with E-state index in [2.05, 4.69) is 5.32 Å². The van der Waals surface area contributed by atoms with E-state index in [1.54, 1.807) is 0 Å². The van der Waals surface area contributed by atoms with Crippen LogP contribution in [0.2, 0.25) is 0 Å². The molecule has 104 valence electrons. The highest BCUT2D eigenvalue weighted by atomic mass is 32.2. The van der Waals surface area contributed by atoms with Crippen LogP contribution in [0.15, 0.2) is 12.1 Å². The lowest BCUT2D eigenvalue weighted by atomic mass is 10.1. The van der Waals surface area contributed by atoms with Crippen LogP contribution >= 0.6 is 0 Å². The summed E-state index contributed by atoms with van der Waals surface area (Å²) >= 11 is 0. The van der Waals surface area contributed by atoms with E-state index in [0.717, 1.165) is 6.07 Å². The summed E-state index contributed by atoms with van der Waals surface area (Å²) in [6.07, 6.45) is 0.592. The highest BCUT2D eigenvalue weighted by molar-refractivity contribution is 7.91. The van der Waals surface area contributed by atoms with E-state index in [4.69, 9.17) is 0 Å². The lowest BCUT2D eigenvalue weighted by Gasteiger charge is -2.36. The normalized spacial score (nSPS) is 24.9. The first-order valence-electron chi connectivity index (χ1n) is 6.16. The smallest absolute Gasteiger partial charge is 0.154 e. The summed E-state index contributed by atoms with van der Waals surface area (Å²) < 4.78 is 50.5. The quantitative estimate of drug-likeness (QED) is 0.783. The molecule has 0 amide bonds. The molecule has 7 heteroatoms. The third-order valence-electron chi connectivity index (χ3n) is 3.65. The van der Waals surface area contributed by atoms with Gasteiger partial charge >= 0.3 is 0 Å². The lowest BCUT2D eigenvalue weighted by molar-refractivity contribution is 0.548. The van der Waals surface area contributed by atoms with Gasteiger partial charge in [0.05, 0.1) is 22.9 Å². The van der Waals surface area contributed by atoms with Gasteiger partial charge in [-0.1, -0.05) is 0 Å². The van der Waals surface area contributed by atoms with Gasteiger partial charge in [-0.2, -0.15) is 0 Å². The van der Waals surface area contributed by atoms with E-state index in [1.165, 1.54) is 6.07 Å². The van der Waals surface area contributed by atoms with Crippen molar-refractivity contribution in [3.8, 4) is 0 Å². The van der Waals surface area contributed by atoms with Gasteiger partial charge in [-0.15, -0.1) is 0 Å². The maximum absolute atomic E-state index is 13.8. The number of rotatable bonds is 0. The Hall–Kier alpha value is -1.37. The molecule has 0 saturated carbocycles. The molecule has 4 nitrogen and oxygen atoms in total. The van der Waals surface area contributed by atoms with Gasteiger partial charge in [-0.25, -0.2) is 17.2 Å². The molecule has 1 aromatic rings. The van der Waals surface area contributed by atoms with E-state index >= 15 is 0 Å². The number of sulfone groups is 1. The zero-order valence-corrected chi connectivity index (χ0v) is 11.0. The zero-order valence-electron chi connectivity index (χ0n) is 10.2. The molecule has 2 aliphatic rings. The van der Waals surface area contributed by atoms with Gasteiger partial charge in [-0.3, -0.25) is 0 Å². The standard InChI is InChI=1S/C12H14F2N2O2S/c13-8-5-10(14)12-11(6-8)16-3-4-19(17,18)7-9(16)1-2-15-12/h5-6,9,15H,1-4,7H2. The lowest BCUT2D eigenvalue weighted by Crippen LogP contribution is -2.48. The van der Waals surface area contributed by atoms with Gasteiger partial charge in [-0.05, 0) is 12.5 Å². The minimum absolute atomic E-state index is 0.0288. The average Bonchev–Trinajstić information content (AvgIpc) is 2.47. The predicted molar refractivity (Wildman–Crippen MR) is 69.3 cm³/mol. The number of benzene rings is 1. The van der Waals surface area contributed by atoms with Crippen LogP contribution in [-0.2, 0) is 9.84 Å². The first-order valence-corrected chi connectivity index (χ1v) is 7.98. The van der Waals surface area contributed by atoms with Crippen LogP contribution in [0, 0.1) is 11.6 Å². The van der Waals surface area contributed by atoms with E-state index in [-0.39, 0.29) is 29.8 Å². The van der Waals surface area contributed by atoms with Crippen molar-refractivity contribution in [3.05, 3.63) is 23.8 Å². The molecule has 0 radical (unpaired) electrons. The molecule has 1 N–H and O–H groups in total. The molecular weight excluding hydrogens is 274 g/mol. The number of anilines is 2. The Kier molecular flexibility index (Phi) is 2.88. The van der Waals surface area contributed by atoms with Crippen molar-refractivity contribution in [2.45, 2.75) is 12.5 Å². The number of nitrogens with zero attached hydrogens (tertiary/aromatic N) is 1. The van der Waals surface area contributed by atoms with Crippen LogP contribution in [0.5, 0.6) is 0 Å².